The Kier molecular flexibility index (Phi) is 4.47. The van der Waals surface area contributed by atoms with E-state index in [0.29, 0.717) is 17.8 Å². The van der Waals surface area contributed by atoms with Crippen molar-refractivity contribution >= 4 is 17.3 Å². The summed E-state index contributed by atoms with van der Waals surface area (Å²) >= 11 is 0. The molecule has 0 atom stereocenters. The molecule has 0 fully saturated rings. The van der Waals surface area contributed by atoms with Crippen molar-refractivity contribution in [3.63, 3.8) is 0 Å². The van der Waals surface area contributed by atoms with Gasteiger partial charge in [0.15, 0.2) is 0 Å². The summed E-state index contributed by atoms with van der Waals surface area (Å²) in [6.45, 7) is 3.48. The van der Waals surface area contributed by atoms with E-state index < -0.39 is 0 Å². The van der Waals surface area contributed by atoms with Gasteiger partial charge in [-0.15, -0.1) is 0 Å². The topological polar surface area (TPSA) is 76.2 Å². The summed E-state index contributed by atoms with van der Waals surface area (Å²) in [4.78, 5) is 13.4. The number of nitrogens with one attached hydrogen (secondary N) is 1. The molecule has 21 heavy (non-hydrogen) atoms. The molecule has 6 nitrogen and oxygen atoms in total. The van der Waals surface area contributed by atoms with Crippen LogP contribution in [0.3, 0.4) is 0 Å². The van der Waals surface area contributed by atoms with E-state index >= 15 is 0 Å². The molecule has 0 unspecified atom stereocenters. The summed E-state index contributed by atoms with van der Waals surface area (Å²) in [6.07, 6.45) is 3.82. The summed E-state index contributed by atoms with van der Waals surface area (Å²) in [5, 5.41) is 7.48. The van der Waals surface area contributed by atoms with Crippen LogP contribution < -0.4 is 11.1 Å². The Morgan fingerprint density at radius 3 is 2.76 bits per heavy atom. The first-order chi connectivity index (χ1) is 9.97. The molecule has 1 aromatic heterocycles. The van der Waals surface area contributed by atoms with Crippen molar-refractivity contribution in [2.45, 2.75) is 13.5 Å². The van der Waals surface area contributed by atoms with Crippen molar-refractivity contribution in [2.24, 2.45) is 0 Å². The van der Waals surface area contributed by atoms with Gasteiger partial charge in [-0.2, -0.15) is 5.10 Å². The maximum absolute atomic E-state index is 11.8. The van der Waals surface area contributed by atoms with Crippen LogP contribution in [0.25, 0.3) is 0 Å². The number of anilines is 2. The largest absolute Gasteiger partial charge is 0.397 e. The Labute approximate surface area is 124 Å². The minimum atomic E-state index is -0.0553. The molecule has 1 aromatic carbocycles. The highest BCUT2D eigenvalue weighted by Crippen LogP contribution is 2.20. The summed E-state index contributed by atoms with van der Waals surface area (Å²) < 4.78 is 1.88. The highest BCUT2D eigenvalue weighted by molar-refractivity contribution is 5.95. The number of carbonyl (C=O) groups excluding carboxylic acids is 1. The number of aryl methyl sites for hydroxylation is 1. The van der Waals surface area contributed by atoms with Crippen LogP contribution in [0.1, 0.15) is 15.9 Å². The van der Waals surface area contributed by atoms with E-state index in [-0.39, 0.29) is 5.91 Å². The minimum Gasteiger partial charge on any atom is -0.397 e. The molecular weight excluding hydrogens is 266 g/mol. The van der Waals surface area contributed by atoms with E-state index in [1.165, 1.54) is 4.90 Å². The minimum absolute atomic E-state index is 0.0553. The van der Waals surface area contributed by atoms with Gasteiger partial charge >= 0.3 is 0 Å². The van der Waals surface area contributed by atoms with Gasteiger partial charge in [0.05, 0.1) is 24.1 Å². The Bertz CT molecular complexity index is 633. The average Bonchev–Trinajstić information content (AvgIpc) is 2.85. The lowest BCUT2D eigenvalue weighted by Crippen LogP contribution is -2.21. The summed E-state index contributed by atoms with van der Waals surface area (Å²) in [5.74, 6) is -0.0553. The van der Waals surface area contributed by atoms with E-state index in [9.17, 15) is 4.79 Å². The molecule has 0 spiro atoms. The zero-order valence-corrected chi connectivity index (χ0v) is 12.6. The summed E-state index contributed by atoms with van der Waals surface area (Å²) in [6, 6.07) is 5.31. The van der Waals surface area contributed by atoms with Gasteiger partial charge in [-0.05, 0) is 30.7 Å². The fourth-order valence-electron chi connectivity index (χ4n) is 2.01. The van der Waals surface area contributed by atoms with Crippen molar-refractivity contribution in [1.82, 2.24) is 14.7 Å². The summed E-state index contributed by atoms with van der Waals surface area (Å²) in [7, 11) is 3.44. The van der Waals surface area contributed by atoms with Gasteiger partial charge in [0.25, 0.3) is 5.91 Å². The number of aromatic nitrogens is 2. The highest BCUT2D eigenvalue weighted by atomic mass is 16.2. The zero-order chi connectivity index (χ0) is 15.4. The first-order valence-electron chi connectivity index (χ1n) is 6.81. The molecule has 0 aliphatic heterocycles. The molecule has 1 amide bonds. The van der Waals surface area contributed by atoms with E-state index in [0.717, 1.165) is 17.8 Å². The van der Waals surface area contributed by atoms with Gasteiger partial charge in [0.2, 0.25) is 0 Å². The second-order valence-corrected chi connectivity index (χ2v) is 5.21. The highest BCUT2D eigenvalue weighted by Gasteiger charge is 2.09. The number of rotatable bonds is 5. The number of nitrogens with zero attached hydrogens (tertiary/aromatic N) is 3. The van der Waals surface area contributed by atoms with Gasteiger partial charge in [-0.25, -0.2) is 0 Å². The Morgan fingerprint density at radius 1 is 1.43 bits per heavy atom. The number of nitrogen functional groups attached to an aromatic ring is 1. The monoisotopic (exact) mass is 287 g/mol. The molecule has 1 heterocycles. The molecule has 0 saturated carbocycles. The van der Waals surface area contributed by atoms with Crippen LogP contribution in [0.5, 0.6) is 0 Å². The van der Waals surface area contributed by atoms with Crippen molar-refractivity contribution in [3.05, 3.63) is 41.7 Å². The fourth-order valence-corrected chi connectivity index (χ4v) is 2.01. The van der Waals surface area contributed by atoms with Gasteiger partial charge < -0.3 is 16.0 Å². The zero-order valence-electron chi connectivity index (χ0n) is 12.6. The molecule has 2 rings (SSSR count). The van der Waals surface area contributed by atoms with Gasteiger partial charge in [-0.3, -0.25) is 9.48 Å². The normalized spacial score (nSPS) is 10.4. The second kappa shape index (κ2) is 6.30. The van der Waals surface area contributed by atoms with E-state index in [1.807, 2.05) is 30.1 Å². The third kappa shape index (κ3) is 3.75. The van der Waals surface area contributed by atoms with Crippen molar-refractivity contribution in [3.8, 4) is 0 Å². The smallest absolute Gasteiger partial charge is 0.253 e. The third-order valence-corrected chi connectivity index (χ3v) is 3.12. The molecule has 0 aliphatic carbocycles. The molecule has 0 radical (unpaired) electrons. The van der Waals surface area contributed by atoms with Gasteiger partial charge in [-0.1, -0.05) is 0 Å². The maximum atomic E-state index is 11.8. The van der Waals surface area contributed by atoms with Crippen molar-refractivity contribution in [2.75, 3.05) is 31.7 Å². The Hall–Kier alpha value is -2.50. The predicted octanol–water partition coefficient (Wildman–Crippen LogP) is 1.59. The van der Waals surface area contributed by atoms with Crippen LogP contribution >= 0.6 is 0 Å². The van der Waals surface area contributed by atoms with E-state index in [1.54, 1.807) is 26.2 Å². The second-order valence-electron chi connectivity index (χ2n) is 5.21. The van der Waals surface area contributed by atoms with E-state index in [2.05, 4.69) is 10.4 Å². The molecule has 0 saturated heterocycles. The standard InChI is InChI=1S/C15H21N5O/c1-11-9-18-20(10-11)7-6-17-14-5-4-12(8-13(14)16)15(21)19(2)3/h4-5,8-10,17H,6-7,16H2,1-3H3. The van der Waals surface area contributed by atoms with Gasteiger partial charge in [0, 0.05) is 32.4 Å². The molecule has 0 aliphatic rings. The number of hydrogen-bond acceptors (Lipinski definition) is 4. The maximum Gasteiger partial charge on any atom is 0.253 e. The summed E-state index contributed by atoms with van der Waals surface area (Å²) in [5.41, 5.74) is 9.11. The number of benzene rings is 1. The number of amides is 1. The van der Waals surface area contributed by atoms with Gasteiger partial charge in [0.1, 0.15) is 0 Å². The third-order valence-electron chi connectivity index (χ3n) is 3.12. The Balaban J connectivity index is 1.96. The molecule has 2 aromatic rings. The van der Waals surface area contributed by atoms with Crippen molar-refractivity contribution in [1.29, 1.82) is 0 Å². The average molecular weight is 287 g/mol. The first kappa shape index (κ1) is 14.9. The first-order valence-corrected chi connectivity index (χ1v) is 6.81. The van der Waals surface area contributed by atoms with Crippen LogP contribution in [0, 0.1) is 6.92 Å². The van der Waals surface area contributed by atoms with Crippen LogP contribution in [0.4, 0.5) is 11.4 Å². The van der Waals surface area contributed by atoms with E-state index in [4.69, 9.17) is 5.73 Å². The lowest BCUT2D eigenvalue weighted by Gasteiger charge is -2.13. The lowest BCUT2D eigenvalue weighted by molar-refractivity contribution is 0.0827. The lowest BCUT2D eigenvalue weighted by atomic mass is 10.1. The SMILES string of the molecule is Cc1cnn(CCNc2ccc(C(=O)N(C)C)cc2N)c1. The predicted molar refractivity (Wildman–Crippen MR) is 84.3 cm³/mol. The van der Waals surface area contributed by atoms with Crippen LogP contribution in [-0.2, 0) is 6.54 Å². The fraction of sp³-hybridized carbons (Fsp3) is 0.333. The van der Waals surface area contributed by atoms with Crippen molar-refractivity contribution < 1.29 is 4.79 Å². The molecule has 6 heteroatoms. The molecule has 3 N–H and O–H groups in total. The van der Waals surface area contributed by atoms with Crippen LogP contribution in [0.2, 0.25) is 0 Å². The van der Waals surface area contributed by atoms with Crippen LogP contribution in [-0.4, -0.2) is 41.2 Å². The number of carbonyl (C=O) groups is 1. The molecule has 112 valence electrons. The Morgan fingerprint density at radius 2 is 2.19 bits per heavy atom. The number of nitrogens with two attached hydrogens (primary N) is 1. The quantitative estimate of drug-likeness (QED) is 0.819. The van der Waals surface area contributed by atoms with Crippen LogP contribution in [0.15, 0.2) is 30.6 Å². The number of hydrogen-bond donors (Lipinski definition) is 2. The molecule has 0 bridgehead atoms. The molecular formula is C15H21N5O.